The lowest BCUT2D eigenvalue weighted by Crippen LogP contribution is -2.10. The average molecular weight is 184 g/mol. The van der Waals surface area contributed by atoms with Crippen LogP contribution in [0.25, 0.3) is 0 Å². The summed E-state index contributed by atoms with van der Waals surface area (Å²) in [5, 5.41) is 0. The normalized spacial score (nSPS) is 10.5. The molecular formula is C10H10F2O. The Bertz CT molecular complexity index is 311. The summed E-state index contributed by atoms with van der Waals surface area (Å²) < 4.78 is 24.1. The first kappa shape index (κ1) is 9.84. The van der Waals surface area contributed by atoms with E-state index in [9.17, 15) is 13.6 Å². The van der Waals surface area contributed by atoms with Crippen molar-refractivity contribution in [3.63, 3.8) is 0 Å². The highest BCUT2D eigenvalue weighted by molar-refractivity contribution is 5.98. The smallest absolute Gasteiger partial charge is 0.288 e. The van der Waals surface area contributed by atoms with Gasteiger partial charge in [-0.15, -0.1) is 0 Å². The van der Waals surface area contributed by atoms with Crippen molar-refractivity contribution >= 4 is 5.78 Å². The maximum atomic E-state index is 12.0. The first-order valence-electron chi connectivity index (χ1n) is 3.91. The van der Waals surface area contributed by atoms with E-state index in [2.05, 4.69) is 0 Å². The average Bonchev–Trinajstić information content (AvgIpc) is 2.01. The molecule has 0 N–H and O–H groups in total. The van der Waals surface area contributed by atoms with Gasteiger partial charge in [-0.1, -0.05) is 17.2 Å². The molecule has 0 saturated carbocycles. The molecule has 1 nitrogen and oxygen atoms in total. The molecule has 1 rings (SSSR count). The van der Waals surface area contributed by atoms with Gasteiger partial charge in [-0.2, -0.15) is 0 Å². The number of Topliss-reactive ketones (excluding diaryl/α,β-unsaturated/α-hetero) is 1. The number of alkyl halides is 2. The SMILES string of the molecule is Cc1cc(C)cc(C(=O)C(F)F)c1. The van der Waals surface area contributed by atoms with Gasteiger partial charge in [-0.05, 0) is 26.0 Å². The van der Waals surface area contributed by atoms with Gasteiger partial charge in [0.1, 0.15) is 0 Å². The van der Waals surface area contributed by atoms with E-state index in [0.29, 0.717) is 0 Å². The Balaban J connectivity index is 3.08. The van der Waals surface area contributed by atoms with Crippen molar-refractivity contribution < 1.29 is 13.6 Å². The first-order chi connectivity index (χ1) is 6.00. The Hall–Kier alpha value is -1.25. The summed E-state index contributed by atoms with van der Waals surface area (Å²) in [6.45, 7) is 3.55. The molecule has 70 valence electrons. The maximum Gasteiger partial charge on any atom is 0.300 e. The molecule has 0 bridgehead atoms. The molecule has 0 aliphatic heterocycles. The largest absolute Gasteiger partial charge is 0.300 e. The number of ketones is 1. The second-order valence-electron chi connectivity index (χ2n) is 3.04. The molecule has 13 heavy (non-hydrogen) atoms. The third-order valence-electron chi connectivity index (χ3n) is 1.70. The Labute approximate surface area is 75.4 Å². The third kappa shape index (κ3) is 2.34. The van der Waals surface area contributed by atoms with Gasteiger partial charge in [0, 0.05) is 5.56 Å². The van der Waals surface area contributed by atoms with Crippen LogP contribution in [-0.2, 0) is 0 Å². The standard InChI is InChI=1S/C10H10F2O/c1-6-3-7(2)5-8(4-6)9(13)10(11)12/h3-5,10H,1-2H3. The van der Waals surface area contributed by atoms with Crippen LogP contribution in [0.3, 0.4) is 0 Å². The molecule has 0 aliphatic rings. The van der Waals surface area contributed by atoms with Crippen LogP contribution in [-0.4, -0.2) is 12.2 Å². The molecule has 1 aromatic rings. The van der Waals surface area contributed by atoms with Crippen molar-refractivity contribution in [2.75, 3.05) is 0 Å². The number of halogens is 2. The van der Waals surface area contributed by atoms with Crippen LogP contribution in [0.5, 0.6) is 0 Å². The minimum atomic E-state index is -2.92. The fraction of sp³-hybridized carbons (Fsp3) is 0.300. The molecular weight excluding hydrogens is 174 g/mol. The van der Waals surface area contributed by atoms with Gasteiger partial charge < -0.3 is 0 Å². The lowest BCUT2D eigenvalue weighted by Gasteiger charge is -2.02. The molecule has 0 atom stereocenters. The zero-order valence-electron chi connectivity index (χ0n) is 7.47. The Morgan fingerprint density at radius 2 is 1.62 bits per heavy atom. The van der Waals surface area contributed by atoms with Crippen molar-refractivity contribution in [3.8, 4) is 0 Å². The summed E-state index contributed by atoms with van der Waals surface area (Å²) in [6.07, 6.45) is -2.92. The first-order valence-corrected chi connectivity index (χ1v) is 3.91. The summed E-state index contributed by atoms with van der Waals surface area (Å²) in [5.41, 5.74) is 1.74. The third-order valence-corrected chi connectivity index (χ3v) is 1.70. The summed E-state index contributed by atoms with van der Waals surface area (Å²) >= 11 is 0. The van der Waals surface area contributed by atoms with E-state index in [1.165, 1.54) is 12.1 Å². The highest BCUT2D eigenvalue weighted by Gasteiger charge is 2.17. The van der Waals surface area contributed by atoms with Crippen LogP contribution in [0.1, 0.15) is 21.5 Å². The highest BCUT2D eigenvalue weighted by Crippen LogP contribution is 2.12. The molecule has 0 unspecified atom stereocenters. The van der Waals surface area contributed by atoms with Gasteiger partial charge in [-0.25, -0.2) is 8.78 Å². The van der Waals surface area contributed by atoms with Crippen LogP contribution in [0, 0.1) is 13.8 Å². The van der Waals surface area contributed by atoms with Gasteiger partial charge in [0.25, 0.3) is 0 Å². The second-order valence-corrected chi connectivity index (χ2v) is 3.04. The van der Waals surface area contributed by atoms with Crippen LogP contribution in [0.4, 0.5) is 8.78 Å². The fourth-order valence-corrected chi connectivity index (χ4v) is 1.24. The summed E-state index contributed by atoms with van der Waals surface area (Å²) in [5.74, 6) is -1.10. The molecule has 0 amide bonds. The Morgan fingerprint density at radius 1 is 1.15 bits per heavy atom. The molecule has 1 aromatic carbocycles. The second kappa shape index (κ2) is 3.64. The summed E-state index contributed by atoms with van der Waals surface area (Å²) in [7, 11) is 0. The molecule has 0 heterocycles. The predicted molar refractivity (Wildman–Crippen MR) is 46.3 cm³/mol. The molecule has 3 heteroatoms. The van der Waals surface area contributed by atoms with Crippen molar-refractivity contribution in [2.45, 2.75) is 20.3 Å². The fourth-order valence-electron chi connectivity index (χ4n) is 1.24. The summed E-state index contributed by atoms with van der Waals surface area (Å²) in [6, 6.07) is 4.78. The van der Waals surface area contributed by atoms with Crippen LogP contribution < -0.4 is 0 Å². The quantitative estimate of drug-likeness (QED) is 0.646. The van der Waals surface area contributed by atoms with E-state index < -0.39 is 12.2 Å². The number of hydrogen-bond acceptors (Lipinski definition) is 1. The number of aryl methyl sites for hydroxylation is 2. The van der Waals surface area contributed by atoms with Gasteiger partial charge in [-0.3, -0.25) is 4.79 Å². The number of carbonyl (C=O) groups is 1. The monoisotopic (exact) mass is 184 g/mol. The number of carbonyl (C=O) groups excluding carboxylic acids is 1. The van der Waals surface area contributed by atoms with E-state index in [0.717, 1.165) is 11.1 Å². The van der Waals surface area contributed by atoms with Gasteiger partial charge in [0.2, 0.25) is 5.78 Å². The number of rotatable bonds is 2. The van der Waals surface area contributed by atoms with Gasteiger partial charge in [0.15, 0.2) is 0 Å². The molecule has 0 fully saturated rings. The van der Waals surface area contributed by atoms with E-state index >= 15 is 0 Å². The van der Waals surface area contributed by atoms with E-state index in [-0.39, 0.29) is 5.56 Å². The van der Waals surface area contributed by atoms with E-state index in [4.69, 9.17) is 0 Å². The van der Waals surface area contributed by atoms with E-state index in [1.807, 2.05) is 6.07 Å². The van der Waals surface area contributed by atoms with Crippen molar-refractivity contribution in [3.05, 3.63) is 34.9 Å². The van der Waals surface area contributed by atoms with Crippen molar-refractivity contribution in [1.29, 1.82) is 0 Å². The number of benzene rings is 1. The molecule has 0 saturated heterocycles. The number of hydrogen-bond donors (Lipinski definition) is 0. The van der Waals surface area contributed by atoms with Crippen molar-refractivity contribution in [1.82, 2.24) is 0 Å². The zero-order valence-corrected chi connectivity index (χ0v) is 7.47. The Morgan fingerprint density at radius 3 is 2.00 bits per heavy atom. The highest BCUT2D eigenvalue weighted by atomic mass is 19.3. The molecule has 0 spiro atoms. The zero-order chi connectivity index (χ0) is 10.0. The van der Waals surface area contributed by atoms with Gasteiger partial charge in [0.05, 0.1) is 0 Å². The molecule has 0 aliphatic carbocycles. The summed E-state index contributed by atoms with van der Waals surface area (Å²) in [4.78, 5) is 10.9. The van der Waals surface area contributed by atoms with Gasteiger partial charge >= 0.3 is 6.43 Å². The van der Waals surface area contributed by atoms with Crippen LogP contribution >= 0.6 is 0 Å². The lowest BCUT2D eigenvalue weighted by atomic mass is 10.0. The lowest BCUT2D eigenvalue weighted by molar-refractivity contribution is 0.0678. The van der Waals surface area contributed by atoms with Crippen LogP contribution in [0.15, 0.2) is 18.2 Å². The van der Waals surface area contributed by atoms with E-state index in [1.54, 1.807) is 13.8 Å². The van der Waals surface area contributed by atoms with Crippen LogP contribution in [0.2, 0.25) is 0 Å². The molecule has 0 radical (unpaired) electrons. The predicted octanol–water partition coefficient (Wildman–Crippen LogP) is 2.75. The van der Waals surface area contributed by atoms with Crippen molar-refractivity contribution in [2.24, 2.45) is 0 Å². The maximum absolute atomic E-state index is 12.0. The minimum Gasteiger partial charge on any atom is -0.288 e. The Kier molecular flexibility index (Phi) is 2.76. The topological polar surface area (TPSA) is 17.1 Å². The minimum absolute atomic E-state index is 0.0903. The molecule has 0 aromatic heterocycles.